The molecule has 6 nitrogen and oxygen atoms in total. The molecule has 0 saturated carbocycles. The van der Waals surface area contributed by atoms with Crippen LogP contribution in [0.1, 0.15) is 12.0 Å². The van der Waals surface area contributed by atoms with Gasteiger partial charge >= 0.3 is 6.18 Å². The van der Waals surface area contributed by atoms with Crippen LogP contribution in [0.25, 0.3) is 0 Å². The van der Waals surface area contributed by atoms with Gasteiger partial charge < -0.3 is 20.4 Å². The highest BCUT2D eigenvalue weighted by molar-refractivity contribution is 7.97. The maximum absolute atomic E-state index is 13.1. The van der Waals surface area contributed by atoms with Crippen molar-refractivity contribution in [2.45, 2.75) is 29.6 Å². The summed E-state index contributed by atoms with van der Waals surface area (Å²) in [6.07, 6.45) is -3.48. The number of anilines is 2. The minimum absolute atomic E-state index is 0.144. The topological polar surface area (TPSA) is 46.7 Å². The molecule has 1 aromatic carbocycles. The maximum Gasteiger partial charge on any atom is 0.416 e. The van der Waals surface area contributed by atoms with Gasteiger partial charge in [0.2, 0.25) is 0 Å². The van der Waals surface area contributed by atoms with Crippen LogP contribution in [-0.2, 0) is 6.18 Å². The van der Waals surface area contributed by atoms with E-state index >= 15 is 0 Å². The fraction of sp³-hybridized carbons (Fsp3) is 0.458. The van der Waals surface area contributed by atoms with Crippen molar-refractivity contribution in [1.29, 1.82) is 0 Å². The Bertz CT molecular complexity index is 1050. The van der Waals surface area contributed by atoms with Crippen LogP contribution in [-0.4, -0.2) is 67.2 Å². The summed E-state index contributed by atoms with van der Waals surface area (Å²) < 4.78 is 41.6. The van der Waals surface area contributed by atoms with Crippen LogP contribution in [0, 0.1) is 0 Å². The number of benzene rings is 1. The van der Waals surface area contributed by atoms with Crippen LogP contribution in [0.4, 0.5) is 24.7 Å². The Morgan fingerprint density at radius 2 is 1.77 bits per heavy atom. The Kier molecular flexibility index (Phi) is 7.18. The van der Waals surface area contributed by atoms with Crippen molar-refractivity contribution in [3.63, 3.8) is 0 Å². The summed E-state index contributed by atoms with van der Waals surface area (Å²) in [5, 5.41) is 6.84. The lowest BCUT2D eigenvalue weighted by Crippen LogP contribution is -2.58. The van der Waals surface area contributed by atoms with Crippen molar-refractivity contribution in [3.05, 3.63) is 59.4 Å². The molecule has 11 heteroatoms. The van der Waals surface area contributed by atoms with Gasteiger partial charge in [-0.2, -0.15) is 13.2 Å². The number of nitrogens with zero attached hydrogens (tertiary/aromatic N) is 4. The standard InChI is InChI=1S/C24H28ClF3N6S/c1-16-10-18(30-19-13-29-14-19)15-34(16)20-2-4-21(5-3-20)35-33-8-6-32(7-9-33)23-12-17(24(26,27)28)11-22(25)31-23/h2-5,11-12,18-19,29-30H,1,6-10,13-15H2. The van der Waals surface area contributed by atoms with Crippen molar-refractivity contribution in [2.24, 2.45) is 0 Å². The van der Waals surface area contributed by atoms with Crippen LogP contribution in [0.3, 0.4) is 0 Å². The molecule has 2 aromatic rings. The Balaban J connectivity index is 1.14. The van der Waals surface area contributed by atoms with E-state index in [9.17, 15) is 13.2 Å². The molecule has 2 N–H and O–H groups in total. The first-order chi connectivity index (χ1) is 16.7. The second-order valence-corrected chi connectivity index (χ2v) is 10.7. The molecule has 3 saturated heterocycles. The van der Waals surface area contributed by atoms with Crippen LogP contribution in [0.15, 0.2) is 53.6 Å². The Morgan fingerprint density at radius 1 is 1.06 bits per heavy atom. The van der Waals surface area contributed by atoms with E-state index < -0.39 is 11.7 Å². The number of rotatable bonds is 6. The van der Waals surface area contributed by atoms with Crippen molar-refractivity contribution < 1.29 is 13.2 Å². The van der Waals surface area contributed by atoms with E-state index in [0.29, 0.717) is 38.3 Å². The molecule has 3 aliphatic rings. The molecule has 0 amide bonds. The third-order valence-corrected chi connectivity index (χ3v) is 7.87. The van der Waals surface area contributed by atoms with E-state index in [-0.39, 0.29) is 11.0 Å². The summed E-state index contributed by atoms with van der Waals surface area (Å²) in [6, 6.07) is 11.4. The van der Waals surface area contributed by atoms with Crippen LogP contribution in [0.5, 0.6) is 0 Å². The maximum atomic E-state index is 13.1. The predicted octanol–water partition coefficient (Wildman–Crippen LogP) is 4.24. The van der Waals surface area contributed by atoms with Crippen LogP contribution in [0.2, 0.25) is 5.15 Å². The number of piperazine rings is 1. The predicted molar refractivity (Wildman–Crippen MR) is 135 cm³/mol. The molecule has 35 heavy (non-hydrogen) atoms. The lowest BCUT2D eigenvalue weighted by atomic mass is 10.1. The Morgan fingerprint density at radius 3 is 2.40 bits per heavy atom. The molecule has 3 fully saturated rings. The molecule has 188 valence electrons. The lowest BCUT2D eigenvalue weighted by Gasteiger charge is -2.34. The highest BCUT2D eigenvalue weighted by atomic mass is 35.5. The third-order valence-electron chi connectivity index (χ3n) is 6.57. The number of aromatic nitrogens is 1. The van der Waals surface area contributed by atoms with Gasteiger partial charge in [0.15, 0.2) is 0 Å². The molecular formula is C24H28ClF3N6S. The van der Waals surface area contributed by atoms with E-state index in [1.54, 1.807) is 11.9 Å². The molecule has 0 aliphatic carbocycles. The molecule has 3 aliphatic heterocycles. The van der Waals surface area contributed by atoms with Crippen LogP contribution < -0.4 is 20.4 Å². The molecule has 0 bridgehead atoms. The molecular weight excluding hydrogens is 497 g/mol. The zero-order chi connectivity index (χ0) is 24.6. The molecule has 1 aromatic heterocycles. The zero-order valence-electron chi connectivity index (χ0n) is 19.2. The minimum atomic E-state index is -4.45. The van der Waals surface area contributed by atoms with E-state index in [0.717, 1.165) is 54.5 Å². The van der Waals surface area contributed by atoms with Gasteiger partial charge in [-0.25, -0.2) is 9.29 Å². The fourth-order valence-corrected chi connectivity index (χ4v) is 5.71. The number of pyridine rings is 1. The van der Waals surface area contributed by atoms with Gasteiger partial charge in [-0.15, -0.1) is 0 Å². The first-order valence-corrected chi connectivity index (χ1v) is 12.8. The molecule has 0 radical (unpaired) electrons. The molecule has 5 rings (SSSR count). The molecule has 4 heterocycles. The van der Waals surface area contributed by atoms with E-state index in [4.69, 9.17) is 11.6 Å². The number of alkyl halides is 3. The van der Waals surface area contributed by atoms with E-state index in [1.807, 2.05) is 4.90 Å². The summed E-state index contributed by atoms with van der Waals surface area (Å²) >= 11 is 7.52. The summed E-state index contributed by atoms with van der Waals surface area (Å²) in [5.41, 5.74) is 1.51. The third kappa shape index (κ3) is 5.89. The molecule has 1 atom stereocenters. The Labute approximate surface area is 212 Å². The normalized spacial score (nSPS) is 22.1. The van der Waals surface area contributed by atoms with Crippen molar-refractivity contribution in [3.8, 4) is 0 Å². The number of hydrogen-bond acceptors (Lipinski definition) is 7. The highest BCUT2D eigenvalue weighted by Crippen LogP contribution is 2.34. The van der Waals surface area contributed by atoms with Gasteiger partial charge in [0, 0.05) is 80.6 Å². The van der Waals surface area contributed by atoms with Gasteiger partial charge in [0.1, 0.15) is 11.0 Å². The molecule has 1 unspecified atom stereocenters. The van der Waals surface area contributed by atoms with Gasteiger partial charge in [-0.05, 0) is 48.3 Å². The summed E-state index contributed by atoms with van der Waals surface area (Å²) in [5.74, 6) is 0.269. The van der Waals surface area contributed by atoms with Gasteiger partial charge in [0.25, 0.3) is 0 Å². The number of nitrogens with one attached hydrogen (secondary N) is 2. The van der Waals surface area contributed by atoms with Crippen LogP contribution >= 0.6 is 23.5 Å². The number of halogens is 4. The second-order valence-electron chi connectivity index (χ2n) is 9.14. The van der Waals surface area contributed by atoms with Crippen molar-refractivity contribution in [1.82, 2.24) is 19.9 Å². The smallest absolute Gasteiger partial charge is 0.354 e. The first kappa shape index (κ1) is 24.7. The fourth-order valence-electron chi connectivity index (χ4n) is 4.60. The average Bonchev–Trinajstić information content (AvgIpc) is 3.16. The highest BCUT2D eigenvalue weighted by Gasteiger charge is 2.33. The number of hydrogen-bond donors (Lipinski definition) is 2. The summed E-state index contributed by atoms with van der Waals surface area (Å²) in [6.45, 7) is 9.82. The monoisotopic (exact) mass is 524 g/mol. The van der Waals surface area contributed by atoms with Crippen molar-refractivity contribution in [2.75, 3.05) is 55.6 Å². The first-order valence-electron chi connectivity index (χ1n) is 11.7. The summed E-state index contributed by atoms with van der Waals surface area (Å²) in [7, 11) is 0. The quantitative estimate of drug-likeness (QED) is 0.433. The Hall–Kier alpha value is -1.98. The van der Waals surface area contributed by atoms with Gasteiger partial charge in [-0.1, -0.05) is 18.2 Å². The van der Waals surface area contributed by atoms with E-state index in [2.05, 4.69) is 55.7 Å². The lowest BCUT2D eigenvalue weighted by molar-refractivity contribution is -0.137. The average molecular weight is 525 g/mol. The summed E-state index contributed by atoms with van der Waals surface area (Å²) in [4.78, 5) is 9.37. The van der Waals surface area contributed by atoms with E-state index in [1.165, 1.54) is 0 Å². The van der Waals surface area contributed by atoms with Gasteiger partial charge in [0.05, 0.1) is 5.56 Å². The SMILES string of the molecule is C=C1CC(NC2CNC2)CN1c1ccc(SN2CCN(c3cc(C(F)(F)F)cc(Cl)n3)CC2)cc1. The van der Waals surface area contributed by atoms with Gasteiger partial charge in [-0.3, -0.25) is 0 Å². The second kappa shape index (κ2) is 10.2. The van der Waals surface area contributed by atoms with Crippen molar-refractivity contribution >= 4 is 35.1 Å². The minimum Gasteiger partial charge on any atom is -0.354 e. The molecule has 0 spiro atoms. The zero-order valence-corrected chi connectivity index (χ0v) is 20.8. The largest absolute Gasteiger partial charge is 0.416 e.